The van der Waals surface area contributed by atoms with Crippen molar-refractivity contribution in [3.63, 3.8) is 0 Å². The lowest BCUT2D eigenvalue weighted by atomic mass is 10.2. The number of esters is 1. The molecule has 2 atom stereocenters. The minimum absolute atomic E-state index is 0.0594. The maximum Gasteiger partial charge on any atom is 0.337 e. The second-order valence-corrected chi connectivity index (χ2v) is 6.87. The highest BCUT2D eigenvalue weighted by molar-refractivity contribution is 7.85. The van der Waals surface area contributed by atoms with E-state index in [0.717, 1.165) is 0 Å². The average molecular weight is 277 g/mol. The Morgan fingerprint density at radius 2 is 2.00 bits per heavy atom. The Bertz CT molecular complexity index is 421. The Morgan fingerprint density at radius 3 is 2.53 bits per heavy atom. The first-order valence-corrected chi connectivity index (χ1v) is 7.77. The maximum atomic E-state index is 11.9. The molecule has 0 aliphatic rings. The summed E-state index contributed by atoms with van der Waals surface area (Å²) in [6.07, 6.45) is -0.0594. The number of hydrogen-bond donors (Lipinski definition) is 0. The smallest absolute Gasteiger partial charge is 0.337 e. The van der Waals surface area contributed by atoms with E-state index >= 15 is 0 Å². The van der Waals surface area contributed by atoms with Gasteiger partial charge in [-0.25, -0.2) is 0 Å². The molecule has 0 spiro atoms. The summed E-state index contributed by atoms with van der Waals surface area (Å²) >= 11 is 5.79. The number of benzene rings is 1. The van der Waals surface area contributed by atoms with E-state index in [0.29, 0.717) is 5.75 Å². The molecule has 0 amide bonds. The van der Waals surface area contributed by atoms with Gasteiger partial charge >= 0.3 is 12.7 Å². The quantitative estimate of drug-likeness (QED) is 0.611. The van der Waals surface area contributed by atoms with Crippen LogP contribution in [0, 0.1) is 5.92 Å². The van der Waals surface area contributed by atoms with Crippen LogP contribution in [0.2, 0.25) is 0 Å². The Kier molecular flexibility index (Phi) is 5.03. The van der Waals surface area contributed by atoms with Gasteiger partial charge in [-0.1, -0.05) is 25.1 Å². The van der Waals surface area contributed by atoms with Crippen molar-refractivity contribution < 1.29 is 18.6 Å². The summed E-state index contributed by atoms with van der Waals surface area (Å²) in [5.74, 6) is -0.600. The lowest BCUT2D eigenvalue weighted by Crippen LogP contribution is -2.16. The Labute approximate surface area is 105 Å². The van der Waals surface area contributed by atoms with Gasteiger partial charge in [0.05, 0.1) is 19.2 Å². The average Bonchev–Trinajstić information content (AvgIpc) is 2.27. The van der Waals surface area contributed by atoms with Gasteiger partial charge in [0.25, 0.3) is 0 Å². The van der Waals surface area contributed by atoms with Crippen molar-refractivity contribution in [3.8, 4) is 5.75 Å². The van der Waals surface area contributed by atoms with E-state index in [1.165, 1.54) is 7.11 Å². The fraction of sp³-hybridized carbons (Fsp3) is 0.364. The van der Waals surface area contributed by atoms with Crippen LogP contribution in [-0.4, -0.2) is 19.2 Å². The van der Waals surface area contributed by atoms with E-state index in [4.69, 9.17) is 15.8 Å². The van der Waals surface area contributed by atoms with Crippen molar-refractivity contribution in [1.82, 2.24) is 0 Å². The molecule has 4 nitrogen and oxygen atoms in total. The van der Waals surface area contributed by atoms with Crippen LogP contribution in [0.1, 0.15) is 6.92 Å². The normalized spacial score (nSPS) is 15.7. The van der Waals surface area contributed by atoms with Crippen LogP contribution in [0.25, 0.3) is 0 Å². The highest BCUT2D eigenvalue weighted by Crippen LogP contribution is 2.53. The molecule has 94 valence electrons. The van der Waals surface area contributed by atoms with Gasteiger partial charge in [-0.2, -0.15) is 0 Å². The van der Waals surface area contributed by atoms with Gasteiger partial charge < -0.3 is 9.26 Å². The molecular formula is C11H14ClO4P. The highest BCUT2D eigenvalue weighted by atomic mass is 35.7. The first kappa shape index (κ1) is 14.1. The van der Waals surface area contributed by atoms with E-state index in [1.54, 1.807) is 31.2 Å². The van der Waals surface area contributed by atoms with E-state index in [1.807, 2.05) is 6.07 Å². The molecule has 0 bridgehead atoms. The van der Waals surface area contributed by atoms with E-state index in [-0.39, 0.29) is 6.16 Å². The zero-order valence-corrected chi connectivity index (χ0v) is 11.3. The summed E-state index contributed by atoms with van der Waals surface area (Å²) in [5.41, 5.74) is 0. The Hall–Kier alpha value is -0.990. The molecule has 1 unspecified atom stereocenters. The molecule has 0 radical (unpaired) electrons. The van der Waals surface area contributed by atoms with Crippen LogP contribution in [0.3, 0.4) is 0 Å². The predicted molar refractivity (Wildman–Crippen MR) is 66.6 cm³/mol. The van der Waals surface area contributed by atoms with Gasteiger partial charge in [-0.3, -0.25) is 9.36 Å². The van der Waals surface area contributed by atoms with Crippen molar-refractivity contribution in [2.45, 2.75) is 6.92 Å². The molecule has 0 aromatic heterocycles. The molecule has 0 fully saturated rings. The third-order valence-corrected chi connectivity index (χ3v) is 4.17. The molecule has 0 heterocycles. The minimum atomic E-state index is -3.37. The van der Waals surface area contributed by atoms with Crippen LogP contribution in [-0.2, 0) is 14.1 Å². The maximum absolute atomic E-state index is 11.9. The second-order valence-electron chi connectivity index (χ2n) is 3.60. The van der Waals surface area contributed by atoms with Crippen LogP contribution >= 0.6 is 18.0 Å². The molecule has 0 aliphatic carbocycles. The van der Waals surface area contributed by atoms with Crippen LogP contribution in [0.15, 0.2) is 30.3 Å². The molecule has 0 saturated heterocycles. The van der Waals surface area contributed by atoms with Gasteiger partial charge in [0.15, 0.2) is 0 Å². The zero-order chi connectivity index (χ0) is 12.9. The topological polar surface area (TPSA) is 52.6 Å². The molecule has 0 aliphatic heterocycles. The fourth-order valence-electron chi connectivity index (χ4n) is 1.28. The van der Waals surface area contributed by atoms with Crippen LogP contribution in [0.5, 0.6) is 5.75 Å². The van der Waals surface area contributed by atoms with E-state index in [2.05, 4.69) is 4.74 Å². The number of carbonyl (C=O) groups is 1. The Morgan fingerprint density at radius 1 is 1.41 bits per heavy atom. The monoisotopic (exact) mass is 276 g/mol. The fourth-order valence-corrected chi connectivity index (χ4v) is 3.45. The van der Waals surface area contributed by atoms with Crippen molar-refractivity contribution in [1.29, 1.82) is 0 Å². The number of hydrogen-bond acceptors (Lipinski definition) is 4. The number of para-hydroxylation sites is 1. The second kappa shape index (κ2) is 6.08. The van der Waals surface area contributed by atoms with Crippen molar-refractivity contribution in [2.75, 3.05) is 13.3 Å². The standard InChI is InChI=1S/C11H14ClO4P/c1-9(11(13)15-2)8-17(12,14)16-10-6-4-3-5-7-10/h3-7,9H,8H2,1-2H3/t9-,17?/m1/s1. The largest absolute Gasteiger partial charge is 0.469 e. The number of carbonyl (C=O) groups excluding carboxylic acids is 1. The van der Waals surface area contributed by atoms with Crippen molar-refractivity contribution in [2.24, 2.45) is 5.92 Å². The summed E-state index contributed by atoms with van der Waals surface area (Å²) < 4.78 is 21.7. The first-order chi connectivity index (χ1) is 7.94. The third-order valence-electron chi connectivity index (χ3n) is 2.08. The molecule has 17 heavy (non-hydrogen) atoms. The molecule has 1 aromatic carbocycles. The number of rotatable bonds is 5. The summed E-state index contributed by atoms with van der Waals surface area (Å²) in [7, 11) is 1.27. The van der Waals surface area contributed by atoms with Gasteiger partial charge in [-0.05, 0) is 23.4 Å². The Balaban J connectivity index is 2.63. The summed E-state index contributed by atoms with van der Waals surface area (Å²) in [4.78, 5) is 11.2. The molecule has 6 heteroatoms. The third kappa shape index (κ3) is 4.80. The minimum Gasteiger partial charge on any atom is -0.469 e. The SMILES string of the molecule is COC(=O)[C@H](C)CP(=O)(Cl)Oc1ccccc1. The van der Waals surface area contributed by atoms with Gasteiger partial charge in [0, 0.05) is 0 Å². The molecule has 0 N–H and O–H groups in total. The van der Waals surface area contributed by atoms with Crippen LogP contribution < -0.4 is 4.52 Å². The van der Waals surface area contributed by atoms with Crippen molar-refractivity contribution in [3.05, 3.63) is 30.3 Å². The van der Waals surface area contributed by atoms with Gasteiger partial charge in [0.1, 0.15) is 5.75 Å². The summed E-state index contributed by atoms with van der Waals surface area (Å²) in [6, 6.07) is 8.60. The molecule has 1 rings (SSSR count). The van der Waals surface area contributed by atoms with E-state index < -0.39 is 18.6 Å². The summed E-state index contributed by atoms with van der Waals surface area (Å²) in [5, 5.41) is 0. The van der Waals surface area contributed by atoms with Crippen LogP contribution in [0.4, 0.5) is 0 Å². The number of halogens is 1. The number of ether oxygens (including phenoxy) is 1. The predicted octanol–water partition coefficient (Wildman–Crippen LogP) is 3.31. The highest BCUT2D eigenvalue weighted by Gasteiger charge is 2.28. The molecular weight excluding hydrogens is 263 g/mol. The molecule has 0 saturated carbocycles. The lowest BCUT2D eigenvalue weighted by molar-refractivity contribution is -0.144. The molecule has 1 aromatic rings. The van der Waals surface area contributed by atoms with Gasteiger partial charge in [-0.15, -0.1) is 0 Å². The summed E-state index contributed by atoms with van der Waals surface area (Å²) in [6.45, 7) is -1.77. The van der Waals surface area contributed by atoms with Crippen molar-refractivity contribution >= 4 is 23.9 Å². The number of methoxy groups -OCH3 is 1. The van der Waals surface area contributed by atoms with Gasteiger partial charge in [0.2, 0.25) is 0 Å². The lowest BCUT2D eigenvalue weighted by Gasteiger charge is -2.15. The van der Waals surface area contributed by atoms with E-state index in [9.17, 15) is 9.36 Å². The zero-order valence-electron chi connectivity index (χ0n) is 9.63. The first-order valence-electron chi connectivity index (χ1n) is 5.06.